The van der Waals surface area contributed by atoms with E-state index in [1.165, 1.54) is 0 Å². The van der Waals surface area contributed by atoms with Crippen LogP contribution in [0.3, 0.4) is 0 Å². The monoisotopic (exact) mass is 185 g/mol. The van der Waals surface area contributed by atoms with Crippen molar-refractivity contribution in [3.63, 3.8) is 0 Å². The van der Waals surface area contributed by atoms with Gasteiger partial charge in [-0.3, -0.25) is 4.79 Å². The third-order valence-corrected chi connectivity index (χ3v) is 3.60. The average molecular weight is 185 g/mol. The molecule has 2 rings (SSSR count). The minimum Gasteiger partial charge on any atom is -0.336 e. The molecule has 2 aliphatic rings. The first-order valence-electron chi connectivity index (χ1n) is 4.92. The highest BCUT2D eigenvalue weighted by molar-refractivity contribution is 5.82. The van der Waals surface area contributed by atoms with Crippen molar-refractivity contribution in [2.75, 3.05) is 6.54 Å². The molecule has 0 N–H and O–H groups in total. The molecule has 0 aliphatic carbocycles. The third-order valence-electron chi connectivity index (χ3n) is 3.60. The van der Waals surface area contributed by atoms with E-state index in [1.807, 2.05) is 6.92 Å². The highest BCUT2D eigenvalue weighted by Crippen LogP contribution is 2.42. The lowest BCUT2D eigenvalue weighted by atomic mass is 9.89. The first-order chi connectivity index (χ1) is 5.92. The molecule has 1 amide bonds. The van der Waals surface area contributed by atoms with E-state index in [0.29, 0.717) is 18.9 Å². The van der Waals surface area contributed by atoms with E-state index in [0.717, 1.165) is 0 Å². The van der Waals surface area contributed by atoms with Gasteiger partial charge in [0, 0.05) is 18.4 Å². The van der Waals surface area contributed by atoms with Crippen LogP contribution in [0.2, 0.25) is 0 Å². The molecule has 0 radical (unpaired) electrons. The Morgan fingerprint density at radius 3 is 2.69 bits per heavy atom. The van der Waals surface area contributed by atoms with Gasteiger partial charge in [0.1, 0.15) is 5.67 Å². The Labute approximate surface area is 78.1 Å². The van der Waals surface area contributed by atoms with Crippen LogP contribution >= 0.6 is 0 Å². The Kier molecular flexibility index (Phi) is 1.70. The summed E-state index contributed by atoms with van der Waals surface area (Å²) in [6.45, 7) is 5.89. The van der Waals surface area contributed by atoms with Gasteiger partial charge >= 0.3 is 0 Å². The van der Waals surface area contributed by atoms with Crippen molar-refractivity contribution in [1.29, 1.82) is 0 Å². The highest BCUT2D eigenvalue weighted by atomic mass is 19.1. The van der Waals surface area contributed by atoms with Gasteiger partial charge in [0.05, 0.1) is 6.54 Å². The van der Waals surface area contributed by atoms with Gasteiger partial charge in [-0.1, -0.05) is 13.8 Å². The standard InChI is InChI=1S/C10H16FNO/c1-6-7(2)9(13)12-5-10(3,11)4-8(6)12/h6-8H,4-5H2,1-3H3/t6?,7?,8-,10?/m0/s1. The van der Waals surface area contributed by atoms with Crippen LogP contribution in [0.25, 0.3) is 0 Å². The minimum atomic E-state index is -1.16. The van der Waals surface area contributed by atoms with Gasteiger partial charge in [-0.05, 0) is 12.8 Å². The summed E-state index contributed by atoms with van der Waals surface area (Å²) in [4.78, 5) is 13.4. The van der Waals surface area contributed by atoms with Crippen LogP contribution in [0.4, 0.5) is 4.39 Å². The maximum absolute atomic E-state index is 13.6. The van der Waals surface area contributed by atoms with Gasteiger partial charge in [0.15, 0.2) is 0 Å². The molecule has 3 unspecified atom stereocenters. The SMILES string of the molecule is CC1C(=O)N2CC(C)(F)C[C@H]2C1C. The lowest BCUT2D eigenvalue weighted by Crippen LogP contribution is -2.31. The number of halogens is 1. The fourth-order valence-electron chi connectivity index (χ4n) is 2.61. The van der Waals surface area contributed by atoms with Crippen LogP contribution < -0.4 is 0 Å². The second-order valence-electron chi connectivity index (χ2n) is 4.80. The summed E-state index contributed by atoms with van der Waals surface area (Å²) in [6.07, 6.45) is 0.518. The van der Waals surface area contributed by atoms with Gasteiger partial charge in [-0.2, -0.15) is 0 Å². The second kappa shape index (κ2) is 2.46. The lowest BCUT2D eigenvalue weighted by Gasteiger charge is -2.15. The van der Waals surface area contributed by atoms with Crippen LogP contribution in [-0.2, 0) is 4.79 Å². The van der Waals surface area contributed by atoms with E-state index in [-0.39, 0.29) is 17.9 Å². The van der Waals surface area contributed by atoms with E-state index in [9.17, 15) is 9.18 Å². The molecule has 2 saturated heterocycles. The van der Waals surface area contributed by atoms with Crippen molar-refractivity contribution >= 4 is 5.91 Å². The van der Waals surface area contributed by atoms with E-state index in [1.54, 1.807) is 11.8 Å². The van der Waals surface area contributed by atoms with Crippen molar-refractivity contribution in [2.24, 2.45) is 11.8 Å². The average Bonchev–Trinajstić information content (AvgIpc) is 2.44. The largest absolute Gasteiger partial charge is 0.336 e. The van der Waals surface area contributed by atoms with Crippen molar-refractivity contribution in [3.05, 3.63) is 0 Å². The number of hydrogen-bond acceptors (Lipinski definition) is 1. The predicted octanol–water partition coefficient (Wildman–Crippen LogP) is 1.60. The smallest absolute Gasteiger partial charge is 0.226 e. The molecule has 74 valence electrons. The Morgan fingerprint density at radius 1 is 1.54 bits per heavy atom. The van der Waals surface area contributed by atoms with E-state index in [2.05, 4.69) is 6.92 Å². The summed E-state index contributed by atoms with van der Waals surface area (Å²) in [6, 6.07) is 0.150. The fraction of sp³-hybridized carbons (Fsp3) is 0.900. The van der Waals surface area contributed by atoms with Crippen LogP contribution in [0.5, 0.6) is 0 Å². The van der Waals surface area contributed by atoms with Crippen molar-refractivity contribution < 1.29 is 9.18 Å². The number of carbonyl (C=O) groups excluding carboxylic acids is 1. The van der Waals surface area contributed by atoms with Crippen LogP contribution in [0, 0.1) is 11.8 Å². The molecule has 2 aliphatic heterocycles. The number of hydrogen-bond donors (Lipinski definition) is 0. The number of carbonyl (C=O) groups is 1. The quantitative estimate of drug-likeness (QED) is 0.561. The molecule has 0 bridgehead atoms. The normalized spacial score (nSPS) is 50.0. The molecule has 13 heavy (non-hydrogen) atoms. The van der Waals surface area contributed by atoms with E-state index >= 15 is 0 Å². The summed E-state index contributed by atoms with van der Waals surface area (Å²) >= 11 is 0. The molecule has 2 heterocycles. The summed E-state index contributed by atoms with van der Waals surface area (Å²) < 4.78 is 13.6. The Balaban J connectivity index is 2.23. The van der Waals surface area contributed by atoms with Crippen LogP contribution in [0.15, 0.2) is 0 Å². The van der Waals surface area contributed by atoms with Gasteiger partial charge in [0.2, 0.25) is 5.91 Å². The fourth-order valence-corrected chi connectivity index (χ4v) is 2.61. The van der Waals surface area contributed by atoms with Gasteiger partial charge in [-0.25, -0.2) is 4.39 Å². The molecule has 4 atom stereocenters. The molecule has 0 aromatic heterocycles. The van der Waals surface area contributed by atoms with Crippen molar-refractivity contribution in [2.45, 2.75) is 38.9 Å². The molecule has 0 aromatic carbocycles. The van der Waals surface area contributed by atoms with Crippen LogP contribution in [-0.4, -0.2) is 29.1 Å². The molecular formula is C10H16FNO. The van der Waals surface area contributed by atoms with E-state index in [4.69, 9.17) is 0 Å². The zero-order chi connectivity index (χ0) is 9.80. The number of fused-ring (bicyclic) bond motifs is 1. The van der Waals surface area contributed by atoms with Gasteiger partial charge < -0.3 is 4.90 Å². The second-order valence-corrected chi connectivity index (χ2v) is 4.80. The first kappa shape index (κ1) is 8.97. The lowest BCUT2D eigenvalue weighted by molar-refractivity contribution is -0.131. The Hall–Kier alpha value is -0.600. The first-order valence-corrected chi connectivity index (χ1v) is 4.92. The highest BCUT2D eigenvalue weighted by Gasteiger charge is 2.52. The Bertz CT molecular complexity index is 251. The topological polar surface area (TPSA) is 20.3 Å². The van der Waals surface area contributed by atoms with Gasteiger partial charge in [0.25, 0.3) is 0 Å². The van der Waals surface area contributed by atoms with Gasteiger partial charge in [-0.15, -0.1) is 0 Å². The summed E-state index contributed by atoms with van der Waals surface area (Å²) in [5.74, 6) is 0.532. The minimum absolute atomic E-state index is 0.0844. The molecular weight excluding hydrogens is 169 g/mol. The molecule has 0 aromatic rings. The maximum atomic E-state index is 13.6. The zero-order valence-electron chi connectivity index (χ0n) is 8.38. The molecule has 2 fully saturated rings. The third kappa shape index (κ3) is 1.17. The number of nitrogens with zero attached hydrogens (tertiary/aromatic N) is 1. The summed E-state index contributed by atoms with van der Waals surface area (Å²) in [7, 11) is 0. The number of rotatable bonds is 0. The Morgan fingerprint density at radius 2 is 2.15 bits per heavy atom. The predicted molar refractivity (Wildman–Crippen MR) is 48.0 cm³/mol. The number of amides is 1. The van der Waals surface area contributed by atoms with Crippen molar-refractivity contribution in [3.8, 4) is 0 Å². The zero-order valence-corrected chi connectivity index (χ0v) is 8.38. The van der Waals surface area contributed by atoms with E-state index < -0.39 is 5.67 Å². The molecule has 2 nitrogen and oxygen atoms in total. The molecule has 3 heteroatoms. The van der Waals surface area contributed by atoms with Crippen molar-refractivity contribution in [1.82, 2.24) is 4.90 Å². The molecule has 0 saturated carbocycles. The maximum Gasteiger partial charge on any atom is 0.226 e. The molecule has 0 spiro atoms. The van der Waals surface area contributed by atoms with Crippen LogP contribution in [0.1, 0.15) is 27.2 Å². The number of alkyl halides is 1. The summed E-state index contributed by atoms with van der Waals surface area (Å²) in [5.41, 5.74) is -1.16. The summed E-state index contributed by atoms with van der Waals surface area (Å²) in [5, 5.41) is 0.